The number of hydrogen-bond acceptors (Lipinski definition) is 4. The highest BCUT2D eigenvalue weighted by Gasteiger charge is 2.09. The Morgan fingerprint density at radius 1 is 1.16 bits per heavy atom. The molecule has 0 aliphatic carbocycles. The predicted molar refractivity (Wildman–Crippen MR) is 74.9 cm³/mol. The van der Waals surface area contributed by atoms with E-state index < -0.39 is 0 Å². The summed E-state index contributed by atoms with van der Waals surface area (Å²) in [5.41, 5.74) is 1.67. The highest BCUT2D eigenvalue weighted by atomic mass is 35.5. The molecule has 5 heteroatoms. The highest BCUT2D eigenvalue weighted by Crippen LogP contribution is 2.31. The number of ether oxygens (including phenoxy) is 2. The van der Waals surface area contributed by atoms with E-state index in [0.717, 1.165) is 11.3 Å². The summed E-state index contributed by atoms with van der Waals surface area (Å²) in [5.74, 6) is 1.93. The number of hydrogen-bond donors (Lipinski definition) is 0. The van der Waals surface area contributed by atoms with Crippen molar-refractivity contribution in [1.29, 1.82) is 0 Å². The van der Waals surface area contributed by atoms with Crippen molar-refractivity contribution in [1.82, 2.24) is 9.97 Å². The van der Waals surface area contributed by atoms with Gasteiger partial charge in [0.1, 0.15) is 5.15 Å². The van der Waals surface area contributed by atoms with Crippen LogP contribution in [0.1, 0.15) is 12.6 Å². The van der Waals surface area contributed by atoms with Crippen LogP contribution < -0.4 is 9.47 Å². The molecular formula is C14H15ClN2O2. The Morgan fingerprint density at radius 2 is 1.95 bits per heavy atom. The second kappa shape index (κ2) is 5.89. The molecule has 19 heavy (non-hydrogen) atoms. The lowest BCUT2D eigenvalue weighted by atomic mass is 10.2. The van der Waals surface area contributed by atoms with Crippen LogP contribution in [0.2, 0.25) is 5.15 Å². The largest absolute Gasteiger partial charge is 0.493 e. The Bertz CT molecular complexity index is 567. The molecule has 0 aliphatic heterocycles. The minimum Gasteiger partial charge on any atom is -0.493 e. The molecule has 0 spiro atoms. The number of halogens is 1. The van der Waals surface area contributed by atoms with Crippen molar-refractivity contribution in [2.24, 2.45) is 0 Å². The number of nitrogens with zero attached hydrogens (tertiary/aromatic N) is 2. The lowest BCUT2D eigenvalue weighted by molar-refractivity contribution is 0.311. The Hall–Kier alpha value is -1.81. The van der Waals surface area contributed by atoms with Crippen LogP contribution >= 0.6 is 11.6 Å². The van der Waals surface area contributed by atoms with Crippen LogP contribution in [-0.2, 0) is 0 Å². The van der Waals surface area contributed by atoms with Gasteiger partial charge in [-0.25, -0.2) is 9.97 Å². The van der Waals surface area contributed by atoms with Crippen LogP contribution in [0.15, 0.2) is 24.3 Å². The summed E-state index contributed by atoms with van der Waals surface area (Å²) in [7, 11) is 1.61. The molecule has 0 atom stereocenters. The topological polar surface area (TPSA) is 44.2 Å². The molecule has 0 saturated carbocycles. The molecule has 1 aromatic heterocycles. The standard InChI is InChI=1S/C14H15ClN2O2/c1-4-19-12-8-10(5-6-11(12)18-3)14-16-9(2)7-13(15)17-14/h5-8H,4H2,1-3H3. The van der Waals surface area contributed by atoms with Crippen LogP contribution in [0.5, 0.6) is 11.5 Å². The van der Waals surface area contributed by atoms with Crippen LogP contribution in [-0.4, -0.2) is 23.7 Å². The van der Waals surface area contributed by atoms with Crippen LogP contribution in [0.25, 0.3) is 11.4 Å². The molecule has 0 aliphatic rings. The van der Waals surface area contributed by atoms with Crippen LogP contribution in [0.3, 0.4) is 0 Å². The summed E-state index contributed by atoms with van der Waals surface area (Å²) >= 11 is 5.95. The molecule has 100 valence electrons. The van der Waals surface area contributed by atoms with Gasteiger partial charge in [0.25, 0.3) is 0 Å². The van der Waals surface area contributed by atoms with Gasteiger partial charge in [0.15, 0.2) is 17.3 Å². The number of rotatable bonds is 4. The normalized spacial score (nSPS) is 10.3. The van der Waals surface area contributed by atoms with E-state index in [-0.39, 0.29) is 0 Å². The Balaban J connectivity index is 2.47. The van der Waals surface area contributed by atoms with Gasteiger partial charge in [-0.1, -0.05) is 11.6 Å². The number of methoxy groups -OCH3 is 1. The lowest BCUT2D eigenvalue weighted by Gasteiger charge is -2.10. The van der Waals surface area contributed by atoms with Crippen molar-refractivity contribution in [2.75, 3.05) is 13.7 Å². The summed E-state index contributed by atoms with van der Waals surface area (Å²) < 4.78 is 10.8. The van der Waals surface area contributed by atoms with E-state index in [1.54, 1.807) is 13.2 Å². The maximum atomic E-state index is 5.95. The van der Waals surface area contributed by atoms with E-state index in [9.17, 15) is 0 Å². The van der Waals surface area contributed by atoms with Gasteiger partial charge < -0.3 is 9.47 Å². The molecule has 0 saturated heterocycles. The summed E-state index contributed by atoms with van der Waals surface area (Å²) in [5, 5.41) is 0.427. The summed E-state index contributed by atoms with van der Waals surface area (Å²) in [4.78, 5) is 8.59. The molecule has 0 amide bonds. The summed E-state index contributed by atoms with van der Waals surface area (Å²) in [6.07, 6.45) is 0. The zero-order valence-corrected chi connectivity index (χ0v) is 11.9. The van der Waals surface area contributed by atoms with Gasteiger partial charge in [-0.15, -0.1) is 0 Å². The smallest absolute Gasteiger partial charge is 0.161 e. The molecule has 4 nitrogen and oxygen atoms in total. The predicted octanol–water partition coefficient (Wildman–Crippen LogP) is 3.51. The van der Waals surface area contributed by atoms with E-state index in [2.05, 4.69) is 9.97 Å². The molecule has 2 aromatic rings. The summed E-state index contributed by atoms with van der Waals surface area (Å²) in [6, 6.07) is 7.29. The first-order valence-electron chi connectivity index (χ1n) is 5.96. The maximum Gasteiger partial charge on any atom is 0.161 e. The third-order valence-corrected chi connectivity index (χ3v) is 2.74. The molecule has 0 bridgehead atoms. The van der Waals surface area contributed by atoms with Crippen molar-refractivity contribution in [3.8, 4) is 22.9 Å². The van der Waals surface area contributed by atoms with E-state index >= 15 is 0 Å². The van der Waals surface area contributed by atoms with Gasteiger partial charge in [-0.2, -0.15) is 0 Å². The third kappa shape index (κ3) is 3.15. The van der Waals surface area contributed by atoms with E-state index in [4.69, 9.17) is 21.1 Å². The van der Waals surface area contributed by atoms with Crippen LogP contribution in [0.4, 0.5) is 0 Å². The lowest BCUT2D eigenvalue weighted by Crippen LogP contribution is -1.97. The van der Waals surface area contributed by atoms with Crippen molar-refractivity contribution in [2.45, 2.75) is 13.8 Å². The number of aromatic nitrogens is 2. The second-order valence-electron chi connectivity index (χ2n) is 3.95. The zero-order valence-electron chi connectivity index (χ0n) is 11.1. The van der Waals surface area contributed by atoms with Gasteiger partial charge in [0.05, 0.1) is 13.7 Å². The Kier molecular flexibility index (Phi) is 4.22. The van der Waals surface area contributed by atoms with Crippen LogP contribution in [0, 0.1) is 6.92 Å². The fraction of sp³-hybridized carbons (Fsp3) is 0.286. The van der Waals surface area contributed by atoms with Gasteiger partial charge in [0, 0.05) is 11.3 Å². The molecule has 0 radical (unpaired) electrons. The molecular weight excluding hydrogens is 264 g/mol. The van der Waals surface area contributed by atoms with Gasteiger partial charge in [0.2, 0.25) is 0 Å². The third-order valence-electron chi connectivity index (χ3n) is 2.54. The molecule has 0 fully saturated rings. The minimum atomic E-state index is 0.427. The van der Waals surface area contributed by atoms with Gasteiger partial charge in [-0.3, -0.25) is 0 Å². The van der Waals surface area contributed by atoms with Crippen molar-refractivity contribution < 1.29 is 9.47 Å². The first-order chi connectivity index (χ1) is 9.13. The molecule has 1 heterocycles. The van der Waals surface area contributed by atoms with Crippen molar-refractivity contribution in [3.05, 3.63) is 35.1 Å². The average molecular weight is 279 g/mol. The molecule has 1 aromatic carbocycles. The quantitative estimate of drug-likeness (QED) is 0.803. The van der Waals surface area contributed by atoms with E-state index in [0.29, 0.717) is 29.1 Å². The molecule has 0 N–H and O–H groups in total. The first-order valence-corrected chi connectivity index (χ1v) is 6.34. The SMILES string of the molecule is CCOc1cc(-c2nc(C)cc(Cl)n2)ccc1OC. The van der Waals surface area contributed by atoms with Gasteiger partial charge in [-0.05, 0) is 38.1 Å². The monoisotopic (exact) mass is 278 g/mol. The van der Waals surface area contributed by atoms with E-state index in [1.807, 2.05) is 32.0 Å². The Morgan fingerprint density at radius 3 is 2.58 bits per heavy atom. The summed E-state index contributed by atoms with van der Waals surface area (Å²) in [6.45, 7) is 4.37. The highest BCUT2D eigenvalue weighted by molar-refractivity contribution is 6.29. The number of aryl methyl sites for hydroxylation is 1. The van der Waals surface area contributed by atoms with Crippen molar-refractivity contribution in [3.63, 3.8) is 0 Å². The average Bonchev–Trinajstić information content (AvgIpc) is 2.38. The molecule has 2 rings (SSSR count). The van der Waals surface area contributed by atoms with E-state index in [1.165, 1.54) is 0 Å². The first kappa shape index (κ1) is 13.6. The zero-order chi connectivity index (χ0) is 13.8. The van der Waals surface area contributed by atoms with Gasteiger partial charge >= 0.3 is 0 Å². The minimum absolute atomic E-state index is 0.427. The number of benzene rings is 1. The fourth-order valence-electron chi connectivity index (χ4n) is 1.74. The second-order valence-corrected chi connectivity index (χ2v) is 4.34. The van der Waals surface area contributed by atoms with Crippen molar-refractivity contribution >= 4 is 11.6 Å². The molecule has 0 unspecified atom stereocenters. The fourth-order valence-corrected chi connectivity index (χ4v) is 1.98. The maximum absolute atomic E-state index is 5.95. The Labute approximate surface area is 117 Å².